The van der Waals surface area contributed by atoms with Gasteiger partial charge in [0.05, 0.1) is 12.0 Å². The molecule has 1 N–H and O–H groups in total. The summed E-state index contributed by atoms with van der Waals surface area (Å²) in [5.41, 5.74) is 1.16. The first-order valence-corrected chi connectivity index (χ1v) is 6.01. The zero-order chi connectivity index (χ0) is 10.7. The lowest BCUT2D eigenvalue weighted by molar-refractivity contribution is 0.366. The molecular formula is C11H16N2OS. The lowest BCUT2D eigenvalue weighted by Gasteiger charge is -2.33. The van der Waals surface area contributed by atoms with Gasteiger partial charge in [0, 0.05) is 23.6 Å². The minimum Gasteiger partial charge on any atom is -0.405 e. The van der Waals surface area contributed by atoms with Gasteiger partial charge in [0.15, 0.2) is 0 Å². The second-order valence-corrected chi connectivity index (χ2v) is 4.96. The summed E-state index contributed by atoms with van der Waals surface area (Å²) in [5, 5.41) is 3.87. The number of nitrogens with one attached hydrogen (secondary N) is 1. The van der Waals surface area contributed by atoms with E-state index in [2.05, 4.69) is 10.3 Å². The summed E-state index contributed by atoms with van der Waals surface area (Å²) in [5.74, 6) is 0.707. The minimum atomic E-state index is 0.616. The maximum absolute atomic E-state index is 5.54. The van der Waals surface area contributed by atoms with Crippen LogP contribution in [0.5, 0.6) is 5.88 Å². The fourth-order valence-electron chi connectivity index (χ4n) is 1.50. The van der Waals surface area contributed by atoms with E-state index in [1.807, 2.05) is 32.3 Å². The zero-order valence-electron chi connectivity index (χ0n) is 9.06. The van der Waals surface area contributed by atoms with Crippen LogP contribution in [0.4, 0.5) is 0 Å². The summed E-state index contributed by atoms with van der Waals surface area (Å²) in [6.45, 7) is 2.02. The average molecular weight is 224 g/mol. The van der Waals surface area contributed by atoms with Gasteiger partial charge in [-0.15, -0.1) is 0 Å². The monoisotopic (exact) mass is 224 g/mol. The van der Waals surface area contributed by atoms with Gasteiger partial charge in [-0.05, 0) is 32.4 Å². The van der Waals surface area contributed by atoms with E-state index in [9.17, 15) is 0 Å². The summed E-state index contributed by atoms with van der Waals surface area (Å²) in [6.07, 6.45) is 4.20. The van der Waals surface area contributed by atoms with Gasteiger partial charge in [0.2, 0.25) is 5.88 Å². The van der Waals surface area contributed by atoms with E-state index in [-0.39, 0.29) is 0 Å². The largest absolute Gasteiger partial charge is 0.405 e. The van der Waals surface area contributed by atoms with Gasteiger partial charge in [-0.3, -0.25) is 0 Å². The molecule has 0 radical (unpaired) electrons. The summed E-state index contributed by atoms with van der Waals surface area (Å²) in [4.78, 5) is 4.19. The molecule has 1 aliphatic rings. The molecule has 0 aliphatic heterocycles. The molecule has 1 heterocycles. The summed E-state index contributed by atoms with van der Waals surface area (Å²) in [7, 11) is 2.01. The van der Waals surface area contributed by atoms with Crippen molar-refractivity contribution in [1.82, 2.24) is 10.3 Å². The predicted molar refractivity (Wildman–Crippen MR) is 63.1 cm³/mol. The van der Waals surface area contributed by atoms with Gasteiger partial charge in [-0.1, -0.05) is 6.07 Å². The quantitative estimate of drug-likeness (QED) is 0.795. The fourth-order valence-corrected chi connectivity index (χ4v) is 2.46. The van der Waals surface area contributed by atoms with Crippen LogP contribution >= 0.6 is 12.0 Å². The van der Waals surface area contributed by atoms with Gasteiger partial charge < -0.3 is 9.50 Å². The van der Waals surface area contributed by atoms with E-state index in [0.717, 1.165) is 5.56 Å². The molecule has 15 heavy (non-hydrogen) atoms. The van der Waals surface area contributed by atoms with Crippen LogP contribution in [0.15, 0.2) is 18.3 Å². The Labute approximate surface area is 94.8 Å². The molecule has 2 rings (SSSR count). The van der Waals surface area contributed by atoms with Crippen LogP contribution in [0.2, 0.25) is 0 Å². The van der Waals surface area contributed by atoms with Crippen LogP contribution in [0, 0.1) is 6.92 Å². The first-order chi connectivity index (χ1) is 7.28. The van der Waals surface area contributed by atoms with E-state index >= 15 is 0 Å². The van der Waals surface area contributed by atoms with Crippen LogP contribution in [0.1, 0.15) is 18.4 Å². The Morgan fingerprint density at radius 2 is 2.27 bits per heavy atom. The van der Waals surface area contributed by atoms with Crippen molar-refractivity contribution in [3.63, 3.8) is 0 Å². The number of hydrogen-bond donors (Lipinski definition) is 1. The normalized spacial score (nSPS) is 24.7. The highest BCUT2D eigenvalue weighted by molar-refractivity contribution is 7.95. The lowest BCUT2D eigenvalue weighted by Crippen LogP contribution is -2.41. The third-order valence-corrected chi connectivity index (χ3v) is 3.58. The van der Waals surface area contributed by atoms with Gasteiger partial charge >= 0.3 is 0 Å². The number of rotatable bonds is 4. The van der Waals surface area contributed by atoms with Crippen molar-refractivity contribution in [3.05, 3.63) is 23.9 Å². The van der Waals surface area contributed by atoms with Crippen molar-refractivity contribution in [2.75, 3.05) is 7.05 Å². The molecule has 82 valence electrons. The number of aryl methyl sites for hydroxylation is 1. The highest BCUT2D eigenvalue weighted by atomic mass is 32.2. The van der Waals surface area contributed by atoms with E-state index in [0.29, 0.717) is 17.2 Å². The third-order valence-electron chi connectivity index (χ3n) is 2.66. The van der Waals surface area contributed by atoms with E-state index in [1.165, 1.54) is 24.9 Å². The highest BCUT2D eigenvalue weighted by Crippen LogP contribution is 2.32. The summed E-state index contributed by atoms with van der Waals surface area (Å²) in [6, 6.07) is 4.61. The van der Waals surface area contributed by atoms with Crippen molar-refractivity contribution in [2.24, 2.45) is 0 Å². The van der Waals surface area contributed by atoms with E-state index in [1.54, 1.807) is 0 Å². The molecule has 0 amide bonds. The van der Waals surface area contributed by atoms with Crippen molar-refractivity contribution in [2.45, 2.75) is 31.1 Å². The Bertz CT molecular complexity index is 309. The Kier molecular flexibility index (Phi) is 3.49. The number of hydrogen-bond acceptors (Lipinski definition) is 4. The van der Waals surface area contributed by atoms with Gasteiger partial charge in [-0.2, -0.15) is 0 Å². The second kappa shape index (κ2) is 4.86. The van der Waals surface area contributed by atoms with Crippen LogP contribution in [-0.4, -0.2) is 23.3 Å². The topological polar surface area (TPSA) is 34.1 Å². The Hall–Kier alpha value is -0.740. The molecule has 1 aromatic rings. The predicted octanol–water partition coefficient (Wildman–Crippen LogP) is 2.17. The van der Waals surface area contributed by atoms with Crippen molar-refractivity contribution in [3.8, 4) is 5.88 Å². The second-order valence-electron chi connectivity index (χ2n) is 3.93. The zero-order valence-corrected chi connectivity index (χ0v) is 9.88. The Balaban J connectivity index is 1.72. The first kappa shape index (κ1) is 10.8. The Morgan fingerprint density at radius 1 is 1.47 bits per heavy atom. The molecule has 4 heteroatoms. The molecule has 0 aromatic carbocycles. The molecule has 0 bridgehead atoms. The maximum atomic E-state index is 5.54. The minimum absolute atomic E-state index is 0.616. The van der Waals surface area contributed by atoms with Crippen LogP contribution in [0.25, 0.3) is 0 Å². The first-order valence-electron chi connectivity index (χ1n) is 5.21. The maximum Gasteiger partial charge on any atom is 0.227 e. The summed E-state index contributed by atoms with van der Waals surface area (Å²) < 4.78 is 5.54. The van der Waals surface area contributed by atoms with Gasteiger partial charge in [-0.25, -0.2) is 4.98 Å². The molecular weight excluding hydrogens is 208 g/mol. The van der Waals surface area contributed by atoms with Crippen molar-refractivity contribution >= 4 is 12.0 Å². The van der Waals surface area contributed by atoms with Crippen LogP contribution in [-0.2, 0) is 0 Å². The SMILES string of the molecule is CNC1CC(SOc2ccc(C)cn2)C1. The van der Waals surface area contributed by atoms with Crippen LogP contribution in [0.3, 0.4) is 0 Å². The van der Waals surface area contributed by atoms with Gasteiger partial charge in [0.1, 0.15) is 0 Å². The van der Waals surface area contributed by atoms with Crippen molar-refractivity contribution in [1.29, 1.82) is 0 Å². The molecule has 0 unspecified atom stereocenters. The molecule has 1 aromatic heterocycles. The summed E-state index contributed by atoms with van der Waals surface area (Å²) >= 11 is 1.54. The average Bonchev–Trinajstić information content (AvgIpc) is 2.19. The molecule has 1 aliphatic carbocycles. The number of aromatic nitrogens is 1. The molecule has 1 saturated carbocycles. The number of pyridine rings is 1. The molecule has 0 atom stereocenters. The smallest absolute Gasteiger partial charge is 0.227 e. The fraction of sp³-hybridized carbons (Fsp3) is 0.545. The highest BCUT2D eigenvalue weighted by Gasteiger charge is 2.29. The van der Waals surface area contributed by atoms with Crippen molar-refractivity contribution < 1.29 is 4.18 Å². The molecule has 1 fully saturated rings. The number of nitrogens with zero attached hydrogens (tertiary/aromatic N) is 1. The standard InChI is InChI=1S/C11H16N2OS/c1-8-3-4-11(13-7-8)14-15-10-5-9(6-10)12-2/h3-4,7,9-10,12H,5-6H2,1-2H3. The Morgan fingerprint density at radius 3 is 2.87 bits per heavy atom. The molecule has 0 spiro atoms. The molecule has 3 nitrogen and oxygen atoms in total. The van der Waals surface area contributed by atoms with Gasteiger partial charge in [0.25, 0.3) is 0 Å². The lowest BCUT2D eigenvalue weighted by atomic mass is 9.93. The molecule has 0 saturated heterocycles. The van der Waals surface area contributed by atoms with E-state index in [4.69, 9.17) is 4.18 Å². The third kappa shape index (κ3) is 2.86. The van der Waals surface area contributed by atoms with Crippen LogP contribution < -0.4 is 9.50 Å². The van der Waals surface area contributed by atoms with E-state index < -0.39 is 0 Å².